The van der Waals surface area contributed by atoms with E-state index in [0.29, 0.717) is 17.1 Å². The quantitative estimate of drug-likeness (QED) is 0.276. The lowest BCUT2D eigenvalue weighted by molar-refractivity contribution is 0.749. The molecule has 1 atom stereocenters. The zero-order valence-electron chi connectivity index (χ0n) is 17.4. The lowest BCUT2D eigenvalue weighted by atomic mass is 9.98. The fraction of sp³-hybridized carbons (Fsp3) is 0.182. The number of hydrogen-bond donors (Lipinski definition) is 1. The van der Waals surface area contributed by atoms with Crippen molar-refractivity contribution >= 4 is 22.3 Å². The highest BCUT2D eigenvalue weighted by atomic mass is 15.4. The van der Waals surface area contributed by atoms with Crippen molar-refractivity contribution in [3.05, 3.63) is 72.1 Å². The van der Waals surface area contributed by atoms with Crippen LogP contribution in [0.15, 0.2) is 60.1 Å². The monoisotopic (exact) mass is 411 g/mol. The summed E-state index contributed by atoms with van der Waals surface area (Å²) in [6.45, 7) is 3.91. The lowest BCUT2D eigenvalue weighted by Gasteiger charge is -2.11. The van der Waals surface area contributed by atoms with E-state index in [4.69, 9.17) is 5.84 Å². The van der Waals surface area contributed by atoms with Gasteiger partial charge in [-0.25, -0.2) is 0 Å². The van der Waals surface area contributed by atoms with Crippen LogP contribution in [0.3, 0.4) is 0 Å². The third-order valence-corrected chi connectivity index (χ3v) is 5.48. The number of nitrogens with zero attached hydrogens (tertiary/aromatic N) is 8. The molecule has 0 aliphatic rings. The molecule has 4 heterocycles. The molecule has 31 heavy (non-hydrogen) atoms. The molecular weight excluding hydrogens is 390 g/mol. The molecule has 9 heteroatoms. The minimum atomic E-state index is -0.0284. The van der Waals surface area contributed by atoms with Gasteiger partial charge in [0.2, 0.25) is 0 Å². The van der Waals surface area contributed by atoms with Crippen LogP contribution < -0.4 is 5.84 Å². The van der Waals surface area contributed by atoms with Crippen molar-refractivity contribution in [1.29, 1.82) is 0 Å². The first kappa shape index (κ1) is 18.9. The smallest absolute Gasteiger partial charge is 0.177 e. The summed E-state index contributed by atoms with van der Waals surface area (Å²) in [7, 11) is 1.90. The first-order valence-corrected chi connectivity index (χ1v) is 9.89. The second kappa shape index (κ2) is 7.28. The maximum absolute atomic E-state index is 5.42. The molecule has 2 N–H and O–H groups in total. The van der Waals surface area contributed by atoms with Crippen molar-refractivity contribution in [3.8, 4) is 11.1 Å². The van der Waals surface area contributed by atoms with E-state index in [0.717, 1.165) is 33.4 Å². The second-order valence-corrected chi connectivity index (χ2v) is 7.56. The van der Waals surface area contributed by atoms with Crippen molar-refractivity contribution in [2.75, 3.05) is 0 Å². The van der Waals surface area contributed by atoms with E-state index < -0.39 is 0 Å². The molecule has 1 unspecified atom stereocenters. The maximum Gasteiger partial charge on any atom is 0.177 e. The van der Waals surface area contributed by atoms with E-state index in [2.05, 4.69) is 55.6 Å². The number of hydrazone groups is 1. The molecule has 0 amide bonds. The van der Waals surface area contributed by atoms with E-state index in [1.807, 2.05) is 50.8 Å². The highest BCUT2D eigenvalue weighted by molar-refractivity contribution is 5.96. The Hall–Kier alpha value is -4.14. The highest BCUT2D eigenvalue weighted by Gasteiger charge is 2.18. The van der Waals surface area contributed by atoms with Crippen molar-refractivity contribution in [1.82, 2.24) is 34.6 Å². The zero-order valence-corrected chi connectivity index (χ0v) is 17.4. The number of benzene rings is 1. The Balaban J connectivity index is 1.57. The second-order valence-electron chi connectivity index (χ2n) is 7.56. The Morgan fingerprint density at radius 3 is 2.71 bits per heavy atom. The number of hydrogen-bond acceptors (Lipinski definition) is 7. The van der Waals surface area contributed by atoms with Gasteiger partial charge in [0.1, 0.15) is 5.69 Å². The van der Waals surface area contributed by atoms with Gasteiger partial charge in [-0.2, -0.15) is 19.8 Å². The summed E-state index contributed by atoms with van der Waals surface area (Å²) < 4.78 is 3.54. The molecule has 0 fully saturated rings. The van der Waals surface area contributed by atoms with Crippen molar-refractivity contribution < 1.29 is 0 Å². The third-order valence-electron chi connectivity index (χ3n) is 5.48. The molecule has 9 nitrogen and oxygen atoms in total. The maximum atomic E-state index is 5.42. The van der Waals surface area contributed by atoms with Crippen LogP contribution in [0.25, 0.3) is 27.7 Å². The summed E-state index contributed by atoms with van der Waals surface area (Å²) in [6, 6.07) is 12.1. The lowest BCUT2D eigenvalue weighted by Crippen LogP contribution is -2.09. The number of nitrogens with two attached hydrogens (primary N) is 1. The standard InChI is InChI=1S/C22H21N9/c1-13(22-28-27-21-7-6-19(14(2)26-23)29-31(21)22)15-4-5-20-16(8-15)9-17(10-24-20)18-11-25-30(3)12-18/h4-13H,23H2,1-3H3/b26-14+. The van der Waals surface area contributed by atoms with Crippen molar-refractivity contribution in [2.24, 2.45) is 18.0 Å². The molecule has 4 aromatic heterocycles. The number of pyridine rings is 1. The fourth-order valence-electron chi connectivity index (χ4n) is 3.63. The normalized spacial score (nSPS) is 13.2. The molecule has 154 valence electrons. The summed E-state index contributed by atoms with van der Waals surface area (Å²) in [4.78, 5) is 4.61. The molecule has 1 aromatic carbocycles. The molecule has 0 saturated carbocycles. The predicted molar refractivity (Wildman–Crippen MR) is 119 cm³/mol. The highest BCUT2D eigenvalue weighted by Crippen LogP contribution is 2.28. The van der Waals surface area contributed by atoms with Crippen LogP contribution in [0.1, 0.15) is 36.8 Å². The third kappa shape index (κ3) is 3.29. The van der Waals surface area contributed by atoms with Gasteiger partial charge < -0.3 is 5.84 Å². The zero-order chi connectivity index (χ0) is 21.5. The fourth-order valence-corrected chi connectivity index (χ4v) is 3.63. The van der Waals surface area contributed by atoms with Crippen LogP contribution in [0, 0.1) is 0 Å². The largest absolute Gasteiger partial charge is 0.323 e. The van der Waals surface area contributed by atoms with E-state index in [9.17, 15) is 0 Å². The van der Waals surface area contributed by atoms with E-state index in [1.54, 1.807) is 9.20 Å². The van der Waals surface area contributed by atoms with E-state index >= 15 is 0 Å². The van der Waals surface area contributed by atoms with Gasteiger partial charge in [-0.1, -0.05) is 13.0 Å². The molecule has 0 aliphatic heterocycles. The Bertz CT molecular complexity index is 1440. The molecule has 0 aliphatic carbocycles. The number of aromatic nitrogens is 7. The summed E-state index contributed by atoms with van der Waals surface area (Å²) in [6.07, 6.45) is 5.70. The van der Waals surface area contributed by atoms with E-state index in [1.165, 1.54) is 0 Å². The van der Waals surface area contributed by atoms with Gasteiger partial charge in [0.15, 0.2) is 11.5 Å². The first-order chi connectivity index (χ1) is 15.0. The van der Waals surface area contributed by atoms with Gasteiger partial charge in [0.05, 0.1) is 17.4 Å². The summed E-state index contributed by atoms with van der Waals surface area (Å²) >= 11 is 0. The average molecular weight is 411 g/mol. The minimum Gasteiger partial charge on any atom is -0.323 e. The van der Waals surface area contributed by atoms with Crippen LogP contribution in [-0.2, 0) is 7.05 Å². The van der Waals surface area contributed by atoms with Crippen LogP contribution in [0.4, 0.5) is 0 Å². The van der Waals surface area contributed by atoms with Gasteiger partial charge in [-0.15, -0.1) is 10.2 Å². The van der Waals surface area contributed by atoms with Crippen molar-refractivity contribution in [2.45, 2.75) is 19.8 Å². The molecule has 0 radical (unpaired) electrons. The van der Waals surface area contributed by atoms with Gasteiger partial charge in [0.25, 0.3) is 0 Å². The predicted octanol–water partition coefficient (Wildman–Crippen LogP) is 2.91. The summed E-state index contributed by atoms with van der Waals surface area (Å²) in [5, 5.41) is 22.3. The summed E-state index contributed by atoms with van der Waals surface area (Å²) in [5.74, 6) is 6.14. The van der Waals surface area contributed by atoms with Gasteiger partial charge >= 0.3 is 0 Å². The molecule has 0 saturated heterocycles. The molecule has 5 aromatic rings. The Labute approximate surface area is 178 Å². The van der Waals surface area contributed by atoms with Crippen LogP contribution in [0.2, 0.25) is 0 Å². The van der Waals surface area contributed by atoms with Crippen molar-refractivity contribution in [3.63, 3.8) is 0 Å². The SMILES string of the molecule is C/C(=N\N)c1ccc2nnc(C(C)c3ccc4ncc(-c5cnn(C)c5)cc4c3)n2n1. The Morgan fingerprint density at radius 2 is 1.94 bits per heavy atom. The van der Waals surface area contributed by atoms with Gasteiger partial charge in [0, 0.05) is 41.9 Å². The van der Waals surface area contributed by atoms with Crippen LogP contribution >= 0.6 is 0 Å². The van der Waals surface area contributed by atoms with Gasteiger partial charge in [-0.3, -0.25) is 9.67 Å². The van der Waals surface area contributed by atoms with Crippen LogP contribution in [-0.4, -0.2) is 40.3 Å². The topological polar surface area (TPSA) is 112 Å². The van der Waals surface area contributed by atoms with Gasteiger partial charge in [-0.05, 0) is 42.8 Å². The Morgan fingerprint density at radius 1 is 1.06 bits per heavy atom. The Kier molecular flexibility index (Phi) is 4.43. The average Bonchev–Trinajstić information content (AvgIpc) is 3.43. The number of rotatable bonds is 4. The summed E-state index contributed by atoms with van der Waals surface area (Å²) in [5.41, 5.74) is 6.11. The first-order valence-electron chi connectivity index (χ1n) is 9.89. The number of fused-ring (bicyclic) bond motifs is 2. The molecule has 0 spiro atoms. The molecular formula is C22H21N9. The number of aryl methyl sites for hydroxylation is 1. The molecule has 0 bridgehead atoms. The van der Waals surface area contributed by atoms with Crippen LogP contribution in [0.5, 0.6) is 0 Å². The minimum absolute atomic E-state index is 0.0284. The molecule has 5 rings (SSSR count). The van der Waals surface area contributed by atoms with E-state index in [-0.39, 0.29) is 5.92 Å².